The third-order valence-corrected chi connectivity index (χ3v) is 5.69. The number of hydrogen-bond donors (Lipinski definition) is 0. The molecule has 1 aromatic heterocycles. The van der Waals surface area contributed by atoms with Gasteiger partial charge in [0.05, 0.1) is 6.61 Å². The monoisotopic (exact) mass is 451 g/mol. The Morgan fingerprint density at radius 1 is 0.906 bits per heavy atom. The first kappa shape index (κ1) is 28.2. The summed E-state index contributed by atoms with van der Waals surface area (Å²) in [4.78, 5) is 25.8. The topological polar surface area (TPSA) is 69.0 Å². The largest absolute Gasteiger partial charge is 0.465 e. The van der Waals surface area contributed by atoms with Crippen LogP contribution in [0.2, 0.25) is 0 Å². The summed E-state index contributed by atoms with van der Waals surface area (Å²) in [6, 6.07) is 3.18. The van der Waals surface area contributed by atoms with Crippen molar-refractivity contribution in [1.29, 1.82) is 0 Å². The Balaban J connectivity index is 2.19. The van der Waals surface area contributed by atoms with Gasteiger partial charge in [0.15, 0.2) is 5.76 Å². The molecular formula is C26H45NO5. The van der Waals surface area contributed by atoms with Gasteiger partial charge >= 0.3 is 5.97 Å². The van der Waals surface area contributed by atoms with E-state index >= 15 is 0 Å². The van der Waals surface area contributed by atoms with E-state index in [1.807, 2.05) is 19.0 Å². The standard InChI is InChI=1S/C26H45NO5/c1-20(2)9-7-10-21(3)11-8-12-22(4)15-17-31-26-14-13-24(32-26)23(28)19-25(29)30-18-16-27(5)6/h13-14,20-22H,7-12,15-19H2,1-6H3. The molecule has 6 nitrogen and oxygen atoms in total. The molecule has 1 heterocycles. The van der Waals surface area contributed by atoms with Gasteiger partial charge in [0.2, 0.25) is 5.78 Å². The van der Waals surface area contributed by atoms with Crippen LogP contribution in [0.5, 0.6) is 5.95 Å². The number of rotatable bonds is 18. The molecule has 0 radical (unpaired) electrons. The van der Waals surface area contributed by atoms with Gasteiger partial charge < -0.3 is 18.8 Å². The van der Waals surface area contributed by atoms with E-state index in [-0.39, 0.29) is 18.8 Å². The van der Waals surface area contributed by atoms with Crippen molar-refractivity contribution in [2.75, 3.05) is 33.9 Å². The van der Waals surface area contributed by atoms with Gasteiger partial charge in [-0.25, -0.2) is 0 Å². The maximum atomic E-state index is 12.2. The minimum atomic E-state index is -0.543. The first-order chi connectivity index (χ1) is 15.2. The van der Waals surface area contributed by atoms with Crippen molar-refractivity contribution >= 4 is 11.8 Å². The summed E-state index contributed by atoms with van der Waals surface area (Å²) < 4.78 is 16.2. The summed E-state index contributed by atoms with van der Waals surface area (Å²) in [6.07, 6.45) is 8.39. The van der Waals surface area contributed by atoms with E-state index in [2.05, 4.69) is 27.7 Å². The maximum absolute atomic E-state index is 12.2. The number of carbonyl (C=O) groups is 2. The van der Waals surface area contributed by atoms with Crippen LogP contribution in [0, 0.1) is 17.8 Å². The van der Waals surface area contributed by atoms with Crippen molar-refractivity contribution in [3.63, 3.8) is 0 Å². The normalized spacial score (nSPS) is 13.4. The predicted octanol–water partition coefficient (Wildman–Crippen LogP) is 5.99. The Bertz CT molecular complexity index is 652. The molecule has 0 saturated carbocycles. The van der Waals surface area contributed by atoms with Gasteiger partial charge in [-0.05, 0) is 44.3 Å². The van der Waals surface area contributed by atoms with Crippen molar-refractivity contribution in [3.05, 3.63) is 17.9 Å². The summed E-state index contributed by atoms with van der Waals surface area (Å²) in [5, 5.41) is 0. The third kappa shape index (κ3) is 13.6. The molecule has 0 aromatic carbocycles. The lowest BCUT2D eigenvalue weighted by Crippen LogP contribution is -2.21. The van der Waals surface area contributed by atoms with E-state index in [9.17, 15) is 9.59 Å². The fourth-order valence-corrected chi connectivity index (χ4v) is 3.50. The van der Waals surface area contributed by atoms with Crippen LogP contribution in [0.4, 0.5) is 0 Å². The van der Waals surface area contributed by atoms with Gasteiger partial charge in [-0.1, -0.05) is 66.2 Å². The molecule has 32 heavy (non-hydrogen) atoms. The maximum Gasteiger partial charge on any atom is 0.313 e. The number of hydrogen-bond acceptors (Lipinski definition) is 6. The fourth-order valence-electron chi connectivity index (χ4n) is 3.50. The quantitative estimate of drug-likeness (QED) is 0.155. The number of likely N-dealkylation sites (N-methyl/N-ethyl adjacent to an activating group) is 1. The zero-order valence-electron chi connectivity index (χ0n) is 21.2. The molecule has 0 fully saturated rings. The first-order valence-electron chi connectivity index (χ1n) is 12.2. The lowest BCUT2D eigenvalue weighted by molar-refractivity contribution is -0.142. The Labute approximate surface area is 195 Å². The van der Waals surface area contributed by atoms with Gasteiger partial charge in [0.25, 0.3) is 5.95 Å². The highest BCUT2D eigenvalue weighted by Crippen LogP contribution is 2.22. The Hall–Kier alpha value is -1.82. The minimum absolute atomic E-state index is 0.129. The lowest BCUT2D eigenvalue weighted by atomic mass is 9.93. The van der Waals surface area contributed by atoms with Crippen LogP contribution in [0.25, 0.3) is 0 Å². The van der Waals surface area contributed by atoms with Crippen molar-refractivity contribution in [3.8, 4) is 5.95 Å². The fraction of sp³-hybridized carbons (Fsp3) is 0.769. The number of Topliss-reactive ketones (excluding diaryl/α,β-unsaturated/α-hetero) is 1. The number of furan rings is 1. The lowest BCUT2D eigenvalue weighted by Gasteiger charge is -2.15. The SMILES string of the molecule is CC(C)CCCC(C)CCCC(C)CCOc1ccc(C(=O)CC(=O)OCCN(C)C)o1. The number of ether oxygens (including phenoxy) is 2. The molecular weight excluding hydrogens is 406 g/mol. The summed E-state index contributed by atoms with van der Waals surface area (Å²) in [7, 11) is 3.78. The molecule has 0 bridgehead atoms. The van der Waals surface area contributed by atoms with E-state index in [0.717, 1.165) is 18.3 Å². The van der Waals surface area contributed by atoms with E-state index in [4.69, 9.17) is 13.9 Å². The zero-order chi connectivity index (χ0) is 23.9. The van der Waals surface area contributed by atoms with Gasteiger partial charge in [0, 0.05) is 12.6 Å². The van der Waals surface area contributed by atoms with Crippen LogP contribution >= 0.6 is 0 Å². The van der Waals surface area contributed by atoms with E-state index < -0.39 is 11.8 Å². The molecule has 6 heteroatoms. The van der Waals surface area contributed by atoms with Crippen molar-refractivity contribution < 1.29 is 23.5 Å². The molecule has 0 spiro atoms. The van der Waals surface area contributed by atoms with Crippen LogP contribution in [0.1, 0.15) is 89.6 Å². The van der Waals surface area contributed by atoms with Crippen LogP contribution in [0.15, 0.2) is 16.5 Å². The molecule has 0 aliphatic carbocycles. The predicted molar refractivity (Wildman–Crippen MR) is 128 cm³/mol. The first-order valence-corrected chi connectivity index (χ1v) is 12.2. The summed E-state index contributed by atoms with van der Waals surface area (Å²) in [5.41, 5.74) is 0. The number of nitrogens with zero attached hydrogens (tertiary/aromatic N) is 1. The Morgan fingerprint density at radius 2 is 1.53 bits per heavy atom. The summed E-state index contributed by atoms with van der Waals surface area (Å²) in [6.45, 7) is 10.6. The van der Waals surface area contributed by atoms with Gasteiger partial charge in [-0.3, -0.25) is 9.59 Å². The highest BCUT2D eigenvalue weighted by atomic mass is 16.6. The number of carbonyl (C=O) groups excluding carboxylic acids is 2. The number of ketones is 1. The Kier molecular flexibility index (Phi) is 14.0. The average Bonchev–Trinajstić information content (AvgIpc) is 3.16. The van der Waals surface area contributed by atoms with Crippen LogP contribution in [-0.2, 0) is 9.53 Å². The molecule has 184 valence electrons. The van der Waals surface area contributed by atoms with Gasteiger partial charge in [0.1, 0.15) is 13.0 Å². The van der Waals surface area contributed by atoms with Crippen LogP contribution in [0.3, 0.4) is 0 Å². The molecule has 0 saturated heterocycles. The molecule has 0 amide bonds. The molecule has 0 N–H and O–H groups in total. The number of esters is 1. The van der Waals surface area contributed by atoms with Crippen molar-refractivity contribution in [2.24, 2.45) is 17.8 Å². The van der Waals surface area contributed by atoms with Gasteiger partial charge in [-0.2, -0.15) is 0 Å². The second kappa shape index (κ2) is 15.9. The minimum Gasteiger partial charge on any atom is -0.465 e. The summed E-state index contributed by atoms with van der Waals surface area (Å²) >= 11 is 0. The molecule has 2 atom stereocenters. The highest BCUT2D eigenvalue weighted by Gasteiger charge is 2.17. The van der Waals surface area contributed by atoms with Crippen LogP contribution < -0.4 is 4.74 Å². The van der Waals surface area contributed by atoms with Crippen molar-refractivity contribution in [2.45, 2.75) is 79.1 Å². The third-order valence-electron chi connectivity index (χ3n) is 5.69. The zero-order valence-corrected chi connectivity index (χ0v) is 21.2. The van der Waals surface area contributed by atoms with E-state index in [0.29, 0.717) is 25.0 Å². The molecule has 1 aromatic rings. The van der Waals surface area contributed by atoms with E-state index in [1.54, 1.807) is 12.1 Å². The second-order valence-electron chi connectivity index (χ2n) is 9.85. The molecule has 0 aliphatic heterocycles. The second-order valence-corrected chi connectivity index (χ2v) is 9.85. The molecule has 0 aliphatic rings. The average molecular weight is 452 g/mol. The molecule has 2 unspecified atom stereocenters. The molecule has 1 rings (SSSR count). The Morgan fingerprint density at radius 3 is 2.16 bits per heavy atom. The van der Waals surface area contributed by atoms with Crippen molar-refractivity contribution in [1.82, 2.24) is 4.90 Å². The summed E-state index contributed by atoms with van der Waals surface area (Å²) in [5.74, 6) is 1.71. The van der Waals surface area contributed by atoms with Gasteiger partial charge in [-0.15, -0.1) is 0 Å². The smallest absolute Gasteiger partial charge is 0.313 e. The van der Waals surface area contributed by atoms with E-state index in [1.165, 1.54) is 38.5 Å². The highest BCUT2D eigenvalue weighted by molar-refractivity contribution is 6.04. The van der Waals surface area contributed by atoms with Crippen LogP contribution in [-0.4, -0.2) is 50.5 Å².